The fraction of sp³-hybridized carbons (Fsp3) is 0.158. The zero-order valence-electron chi connectivity index (χ0n) is 14.6. The average molecular weight is 361 g/mol. The summed E-state index contributed by atoms with van der Waals surface area (Å²) in [6.07, 6.45) is 6.59. The number of nitrogen functional groups attached to an aromatic ring is 1. The second-order valence-corrected chi connectivity index (χ2v) is 6.16. The predicted octanol–water partition coefficient (Wildman–Crippen LogP) is 2.29. The number of aromatic nitrogens is 3. The maximum Gasteiger partial charge on any atom is 0.269 e. The van der Waals surface area contributed by atoms with Gasteiger partial charge in [0.2, 0.25) is 0 Å². The molecule has 4 rings (SSSR count). The van der Waals surface area contributed by atoms with Gasteiger partial charge in [-0.15, -0.1) is 0 Å². The van der Waals surface area contributed by atoms with E-state index in [0.29, 0.717) is 22.9 Å². The fourth-order valence-electron chi connectivity index (χ4n) is 3.15. The molecule has 0 saturated carbocycles. The van der Waals surface area contributed by atoms with Crippen molar-refractivity contribution in [3.8, 4) is 0 Å². The Kier molecular flexibility index (Phi) is 4.52. The van der Waals surface area contributed by atoms with Gasteiger partial charge in [0.15, 0.2) is 11.6 Å². The maximum atomic E-state index is 12.2. The number of rotatable bonds is 4. The number of anilines is 4. The van der Waals surface area contributed by atoms with Crippen molar-refractivity contribution in [2.75, 3.05) is 22.6 Å². The molecular weight excluding hydrogens is 342 g/mol. The molecule has 8 nitrogen and oxygen atoms in total. The van der Waals surface area contributed by atoms with Crippen LogP contribution in [0.25, 0.3) is 0 Å². The van der Waals surface area contributed by atoms with E-state index in [1.807, 2.05) is 12.1 Å². The highest BCUT2D eigenvalue weighted by atomic mass is 16.2. The smallest absolute Gasteiger partial charge is 0.269 e. The number of nitrogens with two attached hydrogens (primary N) is 1. The second-order valence-electron chi connectivity index (χ2n) is 6.16. The van der Waals surface area contributed by atoms with Gasteiger partial charge in [0.1, 0.15) is 12.0 Å². The van der Waals surface area contributed by atoms with Crippen LogP contribution in [0.2, 0.25) is 0 Å². The average Bonchev–Trinajstić information content (AvgIpc) is 2.73. The molecule has 0 saturated heterocycles. The zero-order valence-corrected chi connectivity index (χ0v) is 14.6. The van der Waals surface area contributed by atoms with E-state index in [-0.39, 0.29) is 5.91 Å². The highest BCUT2D eigenvalue weighted by molar-refractivity contribution is 5.95. The van der Waals surface area contributed by atoms with Crippen molar-refractivity contribution in [1.29, 1.82) is 0 Å². The lowest BCUT2D eigenvalue weighted by Gasteiger charge is -2.31. The van der Waals surface area contributed by atoms with Crippen LogP contribution in [0.5, 0.6) is 0 Å². The van der Waals surface area contributed by atoms with Crippen LogP contribution in [0, 0.1) is 0 Å². The third-order valence-corrected chi connectivity index (χ3v) is 4.47. The molecule has 136 valence electrons. The number of amides is 1. The Morgan fingerprint density at radius 2 is 1.93 bits per heavy atom. The SMILES string of the molecule is Nc1c(NNC(=O)c2ccncc2)ncnc1N1CCCc2ccccc21. The van der Waals surface area contributed by atoms with Gasteiger partial charge in [-0.2, -0.15) is 0 Å². The Hall–Kier alpha value is -3.68. The molecule has 2 aromatic heterocycles. The lowest BCUT2D eigenvalue weighted by Crippen LogP contribution is -2.31. The summed E-state index contributed by atoms with van der Waals surface area (Å²) in [6.45, 7) is 0.820. The molecule has 0 bridgehead atoms. The fourth-order valence-corrected chi connectivity index (χ4v) is 3.15. The molecule has 0 radical (unpaired) electrons. The molecule has 1 aliphatic heterocycles. The Balaban J connectivity index is 1.56. The van der Waals surface area contributed by atoms with Crippen molar-refractivity contribution in [3.05, 3.63) is 66.2 Å². The topological polar surface area (TPSA) is 109 Å². The van der Waals surface area contributed by atoms with Crippen molar-refractivity contribution < 1.29 is 4.79 Å². The van der Waals surface area contributed by atoms with Gasteiger partial charge in [-0.1, -0.05) is 18.2 Å². The van der Waals surface area contributed by atoms with E-state index in [1.165, 1.54) is 11.9 Å². The number of nitrogens with one attached hydrogen (secondary N) is 2. The minimum Gasteiger partial charge on any atom is -0.393 e. The summed E-state index contributed by atoms with van der Waals surface area (Å²) in [6, 6.07) is 11.5. The van der Waals surface area contributed by atoms with Crippen LogP contribution in [0.3, 0.4) is 0 Å². The summed E-state index contributed by atoms with van der Waals surface area (Å²) in [5.41, 5.74) is 14.9. The number of hydrogen-bond donors (Lipinski definition) is 3. The number of hydrazine groups is 1. The van der Waals surface area contributed by atoms with Gasteiger partial charge in [-0.25, -0.2) is 9.97 Å². The van der Waals surface area contributed by atoms with E-state index in [1.54, 1.807) is 24.5 Å². The van der Waals surface area contributed by atoms with Gasteiger partial charge in [0.05, 0.1) is 0 Å². The Labute approximate surface area is 156 Å². The summed E-state index contributed by atoms with van der Waals surface area (Å²) in [5.74, 6) is 0.670. The quantitative estimate of drug-likeness (QED) is 0.612. The summed E-state index contributed by atoms with van der Waals surface area (Å²) < 4.78 is 0. The van der Waals surface area contributed by atoms with Gasteiger partial charge in [0.25, 0.3) is 5.91 Å². The highest BCUT2D eigenvalue weighted by Crippen LogP contribution is 2.36. The van der Waals surface area contributed by atoms with Crippen LogP contribution in [0.1, 0.15) is 22.3 Å². The van der Waals surface area contributed by atoms with Gasteiger partial charge in [-0.3, -0.25) is 20.6 Å². The Morgan fingerprint density at radius 3 is 2.78 bits per heavy atom. The van der Waals surface area contributed by atoms with Crippen LogP contribution >= 0.6 is 0 Å². The molecule has 0 fully saturated rings. The summed E-state index contributed by atoms with van der Waals surface area (Å²) in [4.78, 5) is 26.7. The number of fused-ring (bicyclic) bond motifs is 1. The zero-order chi connectivity index (χ0) is 18.6. The van der Waals surface area contributed by atoms with E-state index >= 15 is 0 Å². The van der Waals surface area contributed by atoms with Gasteiger partial charge < -0.3 is 10.6 Å². The predicted molar refractivity (Wildman–Crippen MR) is 104 cm³/mol. The third kappa shape index (κ3) is 3.37. The number of pyridine rings is 1. The third-order valence-electron chi connectivity index (χ3n) is 4.47. The molecule has 1 amide bonds. The minimum atomic E-state index is -0.305. The number of benzene rings is 1. The number of hydrogen-bond acceptors (Lipinski definition) is 7. The van der Waals surface area contributed by atoms with E-state index in [0.717, 1.165) is 25.1 Å². The molecular formula is C19H19N7O. The molecule has 0 atom stereocenters. The first-order valence-corrected chi connectivity index (χ1v) is 8.66. The Morgan fingerprint density at radius 1 is 1.11 bits per heavy atom. The van der Waals surface area contributed by atoms with Crippen LogP contribution < -0.4 is 21.5 Å². The van der Waals surface area contributed by atoms with Crippen molar-refractivity contribution in [2.24, 2.45) is 0 Å². The van der Waals surface area contributed by atoms with Crippen molar-refractivity contribution in [3.63, 3.8) is 0 Å². The number of carbonyl (C=O) groups excluding carboxylic acids is 1. The normalized spacial score (nSPS) is 13.0. The molecule has 8 heteroatoms. The second kappa shape index (κ2) is 7.28. The standard InChI is InChI=1S/C19H19N7O/c20-16-17(24-25-19(27)14-7-9-21-10-8-14)22-12-23-18(16)26-11-3-5-13-4-1-2-6-15(13)26/h1-2,4,6-10,12H,3,5,11,20H2,(H,25,27)(H,22,23,24). The first kappa shape index (κ1) is 16.8. The molecule has 27 heavy (non-hydrogen) atoms. The lowest BCUT2D eigenvalue weighted by atomic mass is 10.0. The minimum absolute atomic E-state index is 0.305. The Bertz CT molecular complexity index is 961. The molecule has 1 aliphatic rings. The molecule has 0 aliphatic carbocycles. The largest absolute Gasteiger partial charge is 0.393 e. The number of nitrogens with zero attached hydrogens (tertiary/aromatic N) is 4. The summed E-state index contributed by atoms with van der Waals surface area (Å²) >= 11 is 0. The van der Waals surface area contributed by atoms with Gasteiger partial charge in [0, 0.05) is 30.2 Å². The van der Waals surface area contributed by atoms with Crippen molar-refractivity contribution >= 4 is 28.9 Å². The maximum absolute atomic E-state index is 12.2. The number of carbonyl (C=O) groups is 1. The van der Waals surface area contributed by atoms with E-state index in [4.69, 9.17) is 5.73 Å². The number of aryl methyl sites for hydroxylation is 1. The van der Waals surface area contributed by atoms with Crippen LogP contribution in [-0.2, 0) is 6.42 Å². The molecule has 3 aromatic rings. The van der Waals surface area contributed by atoms with E-state index < -0.39 is 0 Å². The number of para-hydroxylation sites is 1. The molecule has 4 N–H and O–H groups in total. The molecule has 3 heterocycles. The van der Waals surface area contributed by atoms with Crippen molar-refractivity contribution in [1.82, 2.24) is 20.4 Å². The van der Waals surface area contributed by atoms with E-state index in [2.05, 4.69) is 42.8 Å². The summed E-state index contributed by atoms with van der Waals surface area (Å²) in [5, 5.41) is 0. The highest BCUT2D eigenvalue weighted by Gasteiger charge is 2.22. The van der Waals surface area contributed by atoms with Crippen molar-refractivity contribution in [2.45, 2.75) is 12.8 Å². The van der Waals surface area contributed by atoms with Crippen LogP contribution in [0.15, 0.2) is 55.1 Å². The van der Waals surface area contributed by atoms with Gasteiger partial charge >= 0.3 is 0 Å². The molecule has 1 aromatic carbocycles. The molecule has 0 unspecified atom stereocenters. The van der Waals surface area contributed by atoms with Gasteiger partial charge in [-0.05, 0) is 36.6 Å². The first-order chi connectivity index (χ1) is 13.2. The lowest BCUT2D eigenvalue weighted by molar-refractivity contribution is 0.0962. The molecule has 0 spiro atoms. The van der Waals surface area contributed by atoms with Crippen LogP contribution in [0.4, 0.5) is 23.0 Å². The first-order valence-electron chi connectivity index (χ1n) is 8.66. The monoisotopic (exact) mass is 361 g/mol. The van der Waals surface area contributed by atoms with Crippen LogP contribution in [-0.4, -0.2) is 27.4 Å². The van der Waals surface area contributed by atoms with E-state index in [9.17, 15) is 4.79 Å². The summed E-state index contributed by atoms with van der Waals surface area (Å²) in [7, 11) is 0.